The van der Waals surface area contributed by atoms with Crippen LogP contribution in [0.15, 0.2) is 6.20 Å². The molecule has 1 saturated heterocycles. The average molecular weight is 253 g/mol. The van der Waals surface area contributed by atoms with Gasteiger partial charge in [0.05, 0.1) is 19.3 Å². The molecule has 0 amide bonds. The van der Waals surface area contributed by atoms with Gasteiger partial charge in [0, 0.05) is 30.2 Å². The molecule has 0 radical (unpaired) electrons. The van der Waals surface area contributed by atoms with Crippen molar-refractivity contribution < 1.29 is 4.74 Å². The number of nitrogens with zero attached hydrogens (tertiary/aromatic N) is 2. The molecule has 2 fully saturated rings. The second-order valence-electron chi connectivity index (χ2n) is 4.88. The summed E-state index contributed by atoms with van der Waals surface area (Å²) in [7, 11) is 0. The quantitative estimate of drug-likeness (QED) is 0.885. The van der Waals surface area contributed by atoms with Crippen LogP contribution in [0.2, 0.25) is 0 Å². The average Bonchev–Trinajstić information content (AvgIpc) is 3.06. The van der Waals surface area contributed by atoms with Crippen LogP contribution >= 0.6 is 11.3 Å². The molecule has 0 bridgehead atoms. The van der Waals surface area contributed by atoms with Gasteiger partial charge in [-0.2, -0.15) is 0 Å². The summed E-state index contributed by atoms with van der Waals surface area (Å²) in [5.41, 5.74) is 0. The molecule has 2 aliphatic rings. The molecule has 1 saturated carbocycles. The third-order valence-electron chi connectivity index (χ3n) is 3.30. The first kappa shape index (κ1) is 11.4. The minimum absolute atomic E-state index is 0.444. The van der Waals surface area contributed by atoms with Crippen LogP contribution < -0.4 is 10.2 Å². The smallest absolute Gasteiger partial charge is 0.185 e. The van der Waals surface area contributed by atoms with Gasteiger partial charge in [-0.25, -0.2) is 4.98 Å². The van der Waals surface area contributed by atoms with Crippen LogP contribution in [0.1, 0.15) is 24.6 Å². The van der Waals surface area contributed by atoms with E-state index in [-0.39, 0.29) is 0 Å². The largest absolute Gasteiger partial charge is 0.377 e. The topological polar surface area (TPSA) is 37.4 Å². The van der Waals surface area contributed by atoms with Gasteiger partial charge in [-0.15, -0.1) is 11.3 Å². The van der Waals surface area contributed by atoms with Gasteiger partial charge in [-0.1, -0.05) is 0 Å². The van der Waals surface area contributed by atoms with Crippen LogP contribution in [0.5, 0.6) is 0 Å². The monoisotopic (exact) mass is 253 g/mol. The van der Waals surface area contributed by atoms with E-state index < -0.39 is 0 Å². The predicted molar refractivity (Wildman–Crippen MR) is 69.6 cm³/mol. The van der Waals surface area contributed by atoms with E-state index in [1.54, 1.807) is 0 Å². The van der Waals surface area contributed by atoms with E-state index in [9.17, 15) is 0 Å². The number of hydrogen-bond donors (Lipinski definition) is 1. The van der Waals surface area contributed by atoms with E-state index in [2.05, 4.69) is 22.1 Å². The highest BCUT2D eigenvalue weighted by Gasteiger charge is 2.23. The Balaban J connectivity index is 1.61. The minimum atomic E-state index is 0.444. The van der Waals surface area contributed by atoms with Crippen molar-refractivity contribution in [2.24, 2.45) is 0 Å². The Labute approximate surface area is 106 Å². The Kier molecular flexibility index (Phi) is 3.31. The number of anilines is 1. The zero-order valence-electron chi connectivity index (χ0n) is 10.2. The van der Waals surface area contributed by atoms with Gasteiger partial charge in [0.2, 0.25) is 0 Å². The number of hydrogen-bond acceptors (Lipinski definition) is 5. The molecule has 1 aliphatic carbocycles. The van der Waals surface area contributed by atoms with E-state index >= 15 is 0 Å². The second-order valence-corrected chi connectivity index (χ2v) is 5.98. The van der Waals surface area contributed by atoms with Crippen molar-refractivity contribution >= 4 is 16.5 Å². The first-order valence-electron chi connectivity index (χ1n) is 6.35. The number of thiazole rings is 1. The third-order valence-corrected chi connectivity index (χ3v) is 4.33. The standard InChI is InChI=1S/C12H19N3OS/c1-9-8-16-5-4-15(9)12-14-7-11(17-12)6-13-10-2-3-10/h7,9-10,13H,2-6,8H2,1H3. The van der Waals surface area contributed by atoms with Crippen LogP contribution in [-0.2, 0) is 11.3 Å². The molecule has 1 N–H and O–H groups in total. The summed E-state index contributed by atoms with van der Waals surface area (Å²) in [4.78, 5) is 8.23. The minimum Gasteiger partial charge on any atom is -0.377 e. The maximum absolute atomic E-state index is 5.45. The van der Waals surface area contributed by atoms with Gasteiger partial charge in [0.25, 0.3) is 0 Å². The Bertz CT molecular complexity index is 378. The predicted octanol–water partition coefficient (Wildman–Crippen LogP) is 1.62. The molecular formula is C12H19N3OS. The number of aromatic nitrogens is 1. The lowest BCUT2D eigenvalue weighted by atomic mass is 10.3. The first-order chi connectivity index (χ1) is 8.33. The van der Waals surface area contributed by atoms with Crippen LogP contribution in [0.25, 0.3) is 0 Å². The van der Waals surface area contributed by atoms with Crippen molar-refractivity contribution in [2.75, 3.05) is 24.7 Å². The Morgan fingerprint density at radius 3 is 3.24 bits per heavy atom. The van der Waals surface area contributed by atoms with Gasteiger partial charge < -0.3 is 15.0 Å². The van der Waals surface area contributed by atoms with E-state index in [1.807, 2.05) is 17.5 Å². The molecular weight excluding hydrogens is 234 g/mol. The molecule has 5 heteroatoms. The summed E-state index contributed by atoms with van der Waals surface area (Å²) in [6.45, 7) is 5.77. The summed E-state index contributed by atoms with van der Waals surface area (Å²) in [5, 5.41) is 4.67. The molecule has 0 spiro atoms. The van der Waals surface area contributed by atoms with Gasteiger partial charge >= 0.3 is 0 Å². The van der Waals surface area contributed by atoms with E-state index in [0.717, 1.165) is 37.5 Å². The molecule has 94 valence electrons. The normalized spacial score (nSPS) is 25.2. The van der Waals surface area contributed by atoms with Crippen molar-refractivity contribution in [3.63, 3.8) is 0 Å². The van der Waals surface area contributed by atoms with E-state index in [4.69, 9.17) is 4.74 Å². The number of rotatable bonds is 4. The highest BCUT2D eigenvalue weighted by atomic mass is 32.1. The molecule has 1 aromatic heterocycles. The van der Waals surface area contributed by atoms with E-state index in [1.165, 1.54) is 17.7 Å². The lowest BCUT2D eigenvalue weighted by Gasteiger charge is -2.32. The maximum atomic E-state index is 5.45. The molecule has 2 heterocycles. The van der Waals surface area contributed by atoms with Gasteiger partial charge in [0.15, 0.2) is 5.13 Å². The van der Waals surface area contributed by atoms with Crippen molar-refractivity contribution in [1.82, 2.24) is 10.3 Å². The Hall–Kier alpha value is -0.650. The van der Waals surface area contributed by atoms with Crippen molar-refractivity contribution in [1.29, 1.82) is 0 Å². The number of nitrogens with one attached hydrogen (secondary N) is 1. The van der Waals surface area contributed by atoms with Gasteiger partial charge in [0.1, 0.15) is 0 Å². The molecule has 1 aliphatic heterocycles. The lowest BCUT2D eigenvalue weighted by Crippen LogP contribution is -2.43. The molecule has 1 unspecified atom stereocenters. The van der Waals surface area contributed by atoms with Gasteiger partial charge in [-0.3, -0.25) is 0 Å². The number of ether oxygens (including phenoxy) is 1. The fourth-order valence-electron chi connectivity index (χ4n) is 2.06. The summed E-state index contributed by atoms with van der Waals surface area (Å²) in [6, 6.07) is 1.21. The van der Waals surface area contributed by atoms with Crippen LogP contribution in [0, 0.1) is 0 Å². The highest BCUT2D eigenvalue weighted by Crippen LogP contribution is 2.26. The third kappa shape index (κ3) is 2.78. The van der Waals surface area contributed by atoms with Crippen LogP contribution in [0.4, 0.5) is 5.13 Å². The van der Waals surface area contributed by atoms with Crippen LogP contribution in [0.3, 0.4) is 0 Å². The Morgan fingerprint density at radius 1 is 1.59 bits per heavy atom. The molecule has 4 nitrogen and oxygen atoms in total. The summed E-state index contributed by atoms with van der Waals surface area (Å²) in [6.07, 6.45) is 4.69. The van der Waals surface area contributed by atoms with Crippen molar-refractivity contribution in [2.45, 2.75) is 38.4 Å². The van der Waals surface area contributed by atoms with Gasteiger partial charge in [-0.05, 0) is 19.8 Å². The molecule has 0 aromatic carbocycles. The molecule has 3 rings (SSSR count). The maximum Gasteiger partial charge on any atom is 0.185 e. The fourth-order valence-corrected chi connectivity index (χ4v) is 3.04. The number of morpholine rings is 1. The SMILES string of the molecule is CC1COCCN1c1ncc(CNC2CC2)s1. The highest BCUT2D eigenvalue weighted by molar-refractivity contribution is 7.15. The Morgan fingerprint density at radius 2 is 2.47 bits per heavy atom. The molecule has 1 aromatic rings. The first-order valence-corrected chi connectivity index (χ1v) is 7.17. The molecule has 17 heavy (non-hydrogen) atoms. The fraction of sp³-hybridized carbons (Fsp3) is 0.750. The van der Waals surface area contributed by atoms with Crippen molar-refractivity contribution in [3.05, 3.63) is 11.1 Å². The summed E-state index contributed by atoms with van der Waals surface area (Å²) >= 11 is 1.81. The zero-order valence-corrected chi connectivity index (χ0v) is 11.0. The lowest BCUT2D eigenvalue weighted by molar-refractivity contribution is 0.0989. The summed E-state index contributed by atoms with van der Waals surface area (Å²) < 4.78 is 5.45. The molecule has 1 atom stereocenters. The van der Waals surface area contributed by atoms with E-state index in [0.29, 0.717) is 6.04 Å². The van der Waals surface area contributed by atoms with Crippen LogP contribution in [-0.4, -0.2) is 36.8 Å². The zero-order chi connectivity index (χ0) is 11.7. The second kappa shape index (κ2) is 4.92. The van der Waals surface area contributed by atoms with Crippen molar-refractivity contribution in [3.8, 4) is 0 Å². The summed E-state index contributed by atoms with van der Waals surface area (Å²) in [5.74, 6) is 0.